The summed E-state index contributed by atoms with van der Waals surface area (Å²) in [5.74, 6) is 0. The first-order valence-corrected chi connectivity index (χ1v) is 13.5. The van der Waals surface area contributed by atoms with Crippen molar-refractivity contribution >= 4 is 67.6 Å². The molecule has 35 heavy (non-hydrogen) atoms. The van der Waals surface area contributed by atoms with Gasteiger partial charge < -0.3 is 20.3 Å². The highest BCUT2D eigenvalue weighted by Gasteiger charge is 2.21. The van der Waals surface area contributed by atoms with E-state index in [-0.39, 0.29) is 15.6 Å². The lowest BCUT2D eigenvalue weighted by Gasteiger charge is -2.31. The standard InChI is InChI=1S/C24H24Cl2N4O3S2/c25-18-6-8-20(26)21(14-18)29-35(31,32)19-7-9-23(30-10-12-33-13-11-30)22(15-19)28-24(34)27-16-17-4-2-1-3-5-17/h1-9,14-15,29H,10-13,16H2,(H2,27,28,34). The Morgan fingerprint density at radius 3 is 2.46 bits per heavy atom. The van der Waals surface area contributed by atoms with E-state index in [0.29, 0.717) is 48.7 Å². The quantitative estimate of drug-likeness (QED) is 0.352. The zero-order valence-corrected chi connectivity index (χ0v) is 21.8. The van der Waals surface area contributed by atoms with Gasteiger partial charge in [-0.25, -0.2) is 8.42 Å². The number of anilines is 3. The number of rotatable bonds is 7. The summed E-state index contributed by atoms with van der Waals surface area (Å²) in [5, 5.41) is 7.33. The van der Waals surface area contributed by atoms with Gasteiger partial charge in [-0.3, -0.25) is 4.72 Å². The van der Waals surface area contributed by atoms with E-state index >= 15 is 0 Å². The minimum absolute atomic E-state index is 0.0545. The molecule has 3 aromatic carbocycles. The van der Waals surface area contributed by atoms with Crippen LogP contribution in [0.3, 0.4) is 0 Å². The predicted octanol–water partition coefficient (Wildman–Crippen LogP) is 5.12. The highest BCUT2D eigenvalue weighted by molar-refractivity contribution is 7.92. The molecule has 184 valence electrons. The molecule has 0 spiro atoms. The van der Waals surface area contributed by atoms with Crippen molar-refractivity contribution in [2.24, 2.45) is 0 Å². The van der Waals surface area contributed by atoms with Crippen LogP contribution in [0.4, 0.5) is 17.1 Å². The summed E-state index contributed by atoms with van der Waals surface area (Å²) in [6.45, 7) is 3.07. The number of hydrogen-bond acceptors (Lipinski definition) is 5. The molecule has 1 fully saturated rings. The number of thiocarbonyl (C=S) groups is 1. The summed E-state index contributed by atoms with van der Waals surface area (Å²) in [4.78, 5) is 2.18. The third-order valence-electron chi connectivity index (χ3n) is 5.35. The van der Waals surface area contributed by atoms with Crippen LogP contribution in [0, 0.1) is 0 Å². The van der Waals surface area contributed by atoms with Crippen LogP contribution >= 0.6 is 35.4 Å². The molecule has 0 aromatic heterocycles. The van der Waals surface area contributed by atoms with Crippen molar-refractivity contribution in [2.45, 2.75) is 11.4 Å². The van der Waals surface area contributed by atoms with Crippen molar-refractivity contribution < 1.29 is 13.2 Å². The van der Waals surface area contributed by atoms with Gasteiger partial charge in [0.1, 0.15) is 0 Å². The van der Waals surface area contributed by atoms with Gasteiger partial charge >= 0.3 is 0 Å². The van der Waals surface area contributed by atoms with Crippen molar-refractivity contribution in [1.29, 1.82) is 0 Å². The maximum atomic E-state index is 13.2. The second kappa shape index (κ2) is 11.5. The molecule has 0 radical (unpaired) electrons. The number of benzene rings is 3. The van der Waals surface area contributed by atoms with Gasteiger partial charge in [-0.15, -0.1) is 0 Å². The van der Waals surface area contributed by atoms with Crippen LogP contribution in [0.1, 0.15) is 5.56 Å². The average molecular weight is 552 g/mol. The monoisotopic (exact) mass is 550 g/mol. The second-order valence-electron chi connectivity index (χ2n) is 7.80. The second-order valence-corrected chi connectivity index (χ2v) is 10.7. The van der Waals surface area contributed by atoms with Gasteiger partial charge in [-0.2, -0.15) is 0 Å². The molecule has 3 aromatic rings. The van der Waals surface area contributed by atoms with Crippen LogP contribution in [0.2, 0.25) is 10.0 Å². The highest BCUT2D eigenvalue weighted by atomic mass is 35.5. The lowest BCUT2D eigenvalue weighted by molar-refractivity contribution is 0.123. The summed E-state index contributed by atoms with van der Waals surface area (Å²) in [6, 6.07) is 19.3. The Morgan fingerprint density at radius 2 is 1.71 bits per heavy atom. The first kappa shape index (κ1) is 25.5. The van der Waals surface area contributed by atoms with Crippen LogP contribution in [-0.2, 0) is 21.3 Å². The van der Waals surface area contributed by atoms with E-state index < -0.39 is 10.0 Å². The Labute approximate surface area is 220 Å². The first-order valence-electron chi connectivity index (χ1n) is 10.9. The molecule has 3 N–H and O–H groups in total. The zero-order chi connectivity index (χ0) is 24.8. The molecule has 1 aliphatic heterocycles. The molecule has 4 rings (SSSR count). The van der Waals surface area contributed by atoms with E-state index in [2.05, 4.69) is 20.3 Å². The molecule has 0 saturated carbocycles. The molecule has 0 aliphatic carbocycles. The molecule has 1 heterocycles. The highest BCUT2D eigenvalue weighted by Crippen LogP contribution is 2.32. The summed E-state index contributed by atoms with van der Waals surface area (Å²) in [5.41, 5.74) is 2.67. The van der Waals surface area contributed by atoms with Crippen LogP contribution in [0.5, 0.6) is 0 Å². The van der Waals surface area contributed by atoms with E-state index in [9.17, 15) is 8.42 Å². The molecule has 1 saturated heterocycles. The number of morpholine rings is 1. The lowest BCUT2D eigenvalue weighted by atomic mass is 10.2. The van der Waals surface area contributed by atoms with Crippen LogP contribution in [-0.4, -0.2) is 39.8 Å². The Morgan fingerprint density at radius 1 is 0.971 bits per heavy atom. The number of halogens is 2. The summed E-state index contributed by atoms with van der Waals surface area (Å²) >= 11 is 17.7. The minimum atomic E-state index is -3.95. The normalized spacial score (nSPS) is 13.8. The molecular weight excluding hydrogens is 527 g/mol. The van der Waals surface area contributed by atoms with E-state index in [1.165, 1.54) is 12.1 Å². The molecule has 0 bridgehead atoms. The average Bonchev–Trinajstić information content (AvgIpc) is 2.86. The van der Waals surface area contributed by atoms with Gasteiger partial charge in [0.15, 0.2) is 5.11 Å². The number of hydrogen-bond donors (Lipinski definition) is 3. The third-order valence-corrected chi connectivity index (χ3v) is 7.52. The molecule has 0 unspecified atom stereocenters. The SMILES string of the molecule is O=S(=O)(Nc1cc(Cl)ccc1Cl)c1ccc(N2CCOCC2)c(NC(=S)NCc2ccccc2)c1. The van der Waals surface area contributed by atoms with E-state index in [1.54, 1.807) is 24.3 Å². The number of nitrogens with one attached hydrogen (secondary N) is 3. The molecule has 11 heteroatoms. The van der Waals surface area contributed by atoms with Crippen molar-refractivity contribution in [2.75, 3.05) is 41.2 Å². The zero-order valence-electron chi connectivity index (χ0n) is 18.6. The molecule has 7 nitrogen and oxygen atoms in total. The van der Waals surface area contributed by atoms with E-state index in [1.807, 2.05) is 30.3 Å². The Kier molecular flexibility index (Phi) is 8.35. The van der Waals surface area contributed by atoms with Crippen molar-refractivity contribution in [1.82, 2.24) is 5.32 Å². The van der Waals surface area contributed by atoms with Gasteiger partial charge in [-0.1, -0.05) is 53.5 Å². The third kappa shape index (κ3) is 6.77. The lowest BCUT2D eigenvalue weighted by Crippen LogP contribution is -2.37. The number of ether oxygens (including phenoxy) is 1. The van der Waals surface area contributed by atoms with E-state index in [0.717, 1.165) is 11.3 Å². The van der Waals surface area contributed by atoms with Gasteiger partial charge in [0.2, 0.25) is 0 Å². The van der Waals surface area contributed by atoms with E-state index in [4.69, 9.17) is 40.2 Å². The predicted molar refractivity (Wildman–Crippen MR) is 146 cm³/mol. The maximum Gasteiger partial charge on any atom is 0.262 e. The fourth-order valence-electron chi connectivity index (χ4n) is 3.59. The maximum absolute atomic E-state index is 13.2. The Bertz CT molecular complexity index is 1300. The van der Waals surface area contributed by atoms with Gasteiger partial charge in [-0.05, 0) is 54.2 Å². The summed E-state index contributed by atoms with van der Waals surface area (Å²) < 4.78 is 34.3. The van der Waals surface area contributed by atoms with Gasteiger partial charge in [0, 0.05) is 24.7 Å². The molecular formula is C24H24Cl2N4O3S2. The number of sulfonamides is 1. The first-order chi connectivity index (χ1) is 16.8. The van der Waals surface area contributed by atoms with Crippen molar-refractivity contribution in [3.63, 3.8) is 0 Å². The van der Waals surface area contributed by atoms with Crippen molar-refractivity contribution in [3.05, 3.63) is 82.3 Å². The largest absolute Gasteiger partial charge is 0.378 e. The molecule has 0 amide bonds. The van der Waals surface area contributed by atoms with Crippen molar-refractivity contribution in [3.8, 4) is 0 Å². The smallest absolute Gasteiger partial charge is 0.262 e. The van der Waals surface area contributed by atoms with Gasteiger partial charge in [0.05, 0.1) is 40.2 Å². The van der Waals surface area contributed by atoms with Gasteiger partial charge in [0.25, 0.3) is 10.0 Å². The Hall–Kier alpha value is -2.56. The number of nitrogens with zero attached hydrogens (tertiary/aromatic N) is 1. The summed E-state index contributed by atoms with van der Waals surface area (Å²) in [6.07, 6.45) is 0. The topological polar surface area (TPSA) is 82.7 Å². The Balaban J connectivity index is 1.59. The van der Waals surface area contributed by atoms with Crippen LogP contribution in [0.25, 0.3) is 0 Å². The fourth-order valence-corrected chi connectivity index (χ4v) is 5.26. The molecule has 0 atom stereocenters. The summed E-state index contributed by atoms with van der Waals surface area (Å²) in [7, 11) is -3.95. The fraction of sp³-hybridized carbons (Fsp3) is 0.208. The minimum Gasteiger partial charge on any atom is -0.378 e. The molecule has 1 aliphatic rings. The van der Waals surface area contributed by atoms with Crippen LogP contribution in [0.15, 0.2) is 71.6 Å². The van der Waals surface area contributed by atoms with Crippen LogP contribution < -0.4 is 20.3 Å².